The van der Waals surface area contributed by atoms with Crippen molar-refractivity contribution in [3.05, 3.63) is 24.3 Å². The van der Waals surface area contributed by atoms with Gasteiger partial charge in [-0.1, -0.05) is 0 Å². The summed E-state index contributed by atoms with van der Waals surface area (Å²) in [6.45, 7) is 3.38. The van der Waals surface area contributed by atoms with Gasteiger partial charge in [0.25, 0.3) is 0 Å². The van der Waals surface area contributed by atoms with Gasteiger partial charge in [0.15, 0.2) is 9.84 Å². The Balaban J connectivity index is 3.19. The van der Waals surface area contributed by atoms with E-state index in [1.165, 1.54) is 12.6 Å². The second-order valence-corrected chi connectivity index (χ2v) is 6.87. The third kappa shape index (κ3) is 2.38. The third-order valence-corrected chi connectivity index (χ3v) is 5.00. The summed E-state index contributed by atoms with van der Waals surface area (Å²) in [4.78, 5) is 7.81. The van der Waals surface area contributed by atoms with Crippen LogP contribution in [-0.2, 0) is 9.84 Å². The van der Waals surface area contributed by atoms with Crippen molar-refractivity contribution in [2.45, 2.75) is 24.6 Å². The molecule has 16 heavy (non-hydrogen) atoms. The largest absolute Gasteiger partial charge is 0.312 e. The van der Waals surface area contributed by atoms with Gasteiger partial charge in [0.05, 0.1) is 10.8 Å². The quantitative estimate of drug-likeness (QED) is 0.836. The van der Waals surface area contributed by atoms with E-state index in [2.05, 4.69) is 15.3 Å². The molecule has 0 aliphatic rings. The number of aromatic nitrogens is 2. The summed E-state index contributed by atoms with van der Waals surface area (Å²) in [6, 6.07) is -0.330. The van der Waals surface area contributed by atoms with E-state index in [1.54, 1.807) is 33.3 Å². The van der Waals surface area contributed by atoms with Crippen molar-refractivity contribution in [1.29, 1.82) is 0 Å². The first kappa shape index (κ1) is 13.1. The molecular weight excluding hydrogens is 226 g/mol. The van der Waals surface area contributed by atoms with Crippen LogP contribution in [0.15, 0.2) is 18.7 Å². The van der Waals surface area contributed by atoms with E-state index in [0.29, 0.717) is 0 Å². The van der Waals surface area contributed by atoms with E-state index < -0.39 is 14.6 Å². The van der Waals surface area contributed by atoms with Crippen LogP contribution in [0.3, 0.4) is 0 Å². The topological polar surface area (TPSA) is 72.0 Å². The third-order valence-electron chi connectivity index (χ3n) is 2.85. The van der Waals surface area contributed by atoms with Gasteiger partial charge in [-0.2, -0.15) is 0 Å². The highest BCUT2D eigenvalue weighted by atomic mass is 32.2. The maximum atomic E-state index is 11.7. The minimum Gasteiger partial charge on any atom is -0.312 e. The molecular formula is C10H17N3O2S. The van der Waals surface area contributed by atoms with Crippen molar-refractivity contribution in [1.82, 2.24) is 15.3 Å². The van der Waals surface area contributed by atoms with E-state index in [4.69, 9.17) is 0 Å². The van der Waals surface area contributed by atoms with Gasteiger partial charge >= 0.3 is 0 Å². The van der Waals surface area contributed by atoms with Crippen LogP contribution >= 0.6 is 0 Å². The Morgan fingerprint density at radius 1 is 1.31 bits per heavy atom. The molecule has 0 saturated heterocycles. The molecule has 0 saturated carbocycles. The minimum absolute atomic E-state index is 0.330. The molecule has 0 aliphatic carbocycles. The van der Waals surface area contributed by atoms with Crippen LogP contribution in [0.4, 0.5) is 0 Å². The summed E-state index contributed by atoms with van der Waals surface area (Å²) in [7, 11) is -1.45. The molecule has 0 amide bonds. The van der Waals surface area contributed by atoms with Gasteiger partial charge < -0.3 is 5.32 Å². The van der Waals surface area contributed by atoms with Gasteiger partial charge in [0.2, 0.25) is 0 Å². The highest BCUT2D eigenvalue weighted by Gasteiger charge is 2.39. The first-order valence-electron chi connectivity index (χ1n) is 4.92. The van der Waals surface area contributed by atoms with Gasteiger partial charge in [0, 0.05) is 24.2 Å². The predicted molar refractivity (Wildman–Crippen MR) is 62.8 cm³/mol. The van der Waals surface area contributed by atoms with Crippen molar-refractivity contribution >= 4 is 9.84 Å². The van der Waals surface area contributed by atoms with E-state index >= 15 is 0 Å². The Hall–Kier alpha value is -1.01. The summed E-state index contributed by atoms with van der Waals surface area (Å²) in [5.41, 5.74) is 0.764. The number of hydrogen-bond acceptors (Lipinski definition) is 5. The molecule has 1 heterocycles. The van der Waals surface area contributed by atoms with Crippen LogP contribution in [0.25, 0.3) is 0 Å². The lowest BCUT2D eigenvalue weighted by atomic mass is 9.98. The second-order valence-electron chi connectivity index (χ2n) is 4.27. The molecule has 1 aromatic rings. The van der Waals surface area contributed by atoms with Gasteiger partial charge in [-0.05, 0) is 20.9 Å². The van der Waals surface area contributed by atoms with Crippen molar-refractivity contribution < 1.29 is 8.42 Å². The Labute approximate surface area is 96.2 Å². The summed E-state index contributed by atoms with van der Waals surface area (Å²) in [6.07, 6.45) is 5.91. The standard InChI is InChI=1S/C10H17N3O2S/c1-10(2,16(4,14)15)9(11-3)8-5-12-7-13-6-8/h5-7,9,11H,1-4H3. The van der Waals surface area contributed by atoms with Crippen LogP contribution in [0.1, 0.15) is 25.5 Å². The predicted octanol–water partition coefficient (Wildman–Crippen LogP) is 0.560. The van der Waals surface area contributed by atoms with Crippen molar-refractivity contribution in [3.63, 3.8) is 0 Å². The molecule has 0 aromatic carbocycles. The average Bonchev–Trinajstić information content (AvgIpc) is 2.18. The Morgan fingerprint density at radius 2 is 1.81 bits per heavy atom. The number of hydrogen-bond donors (Lipinski definition) is 1. The monoisotopic (exact) mass is 243 g/mol. The summed E-state index contributed by atoms with van der Waals surface area (Å²) < 4.78 is 22.6. The van der Waals surface area contributed by atoms with E-state index in [0.717, 1.165) is 5.56 Å². The zero-order valence-corrected chi connectivity index (χ0v) is 10.7. The SMILES string of the molecule is CNC(c1cncnc1)C(C)(C)S(C)(=O)=O. The fraction of sp³-hybridized carbons (Fsp3) is 0.600. The molecule has 90 valence electrons. The summed E-state index contributed by atoms with van der Waals surface area (Å²) >= 11 is 0. The zero-order chi connectivity index (χ0) is 12.4. The van der Waals surface area contributed by atoms with Gasteiger partial charge in [-0.25, -0.2) is 18.4 Å². The maximum Gasteiger partial charge on any atom is 0.154 e. The molecule has 1 N–H and O–H groups in total. The van der Waals surface area contributed by atoms with E-state index in [-0.39, 0.29) is 6.04 Å². The lowest BCUT2D eigenvalue weighted by Gasteiger charge is -2.32. The van der Waals surface area contributed by atoms with Crippen LogP contribution in [0.2, 0.25) is 0 Å². The molecule has 1 aromatic heterocycles. The van der Waals surface area contributed by atoms with E-state index in [9.17, 15) is 8.42 Å². The average molecular weight is 243 g/mol. The van der Waals surface area contributed by atoms with Crippen LogP contribution in [-0.4, -0.2) is 36.4 Å². The number of sulfone groups is 1. The molecule has 0 fully saturated rings. The van der Waals surface area contributed by atoms with Crippen molar-refractivity contribution in [3.8, 4) is 0 Å². The smallest absolute Gasteiger partial charge is 0.154 e. The number of nitrogens with zero attached hydrogens (tertiary/aromatic N) is 2. The summed E-state index contributed by atoms with van der Waals surface area (Å²) in [5.74, 6) is 0. The van der Waals surface area contributed by atoms with Crippen molar-refractivity contribution in [2.75, 3.05) is 13.3 Å². The lowest BCUT2D eigenvalue weighted by Crippen LogP contribution is -2.43. The fourth-order valence-corrected chi connectivity index (χ4v) is 2.27. The highest BCUT2D eigenvalue weighted by molar-refractivity contribution is 7.92. The number of rotatable bonds is 4. The molecule has 0 bridgehead atoms. The van der Waals surface area contributed by atoms with Crippen LogP contribution in [0.5, 0.6) is 0 Å². The van der Waals surface area contributed by atoms with Crippen molar-refractivity contribution in [2.24, 2.45) is 0 Å². The molecule has 0 aliphatic heterocycles. The molecule has 1 atom stereocenters. The first-order chi connectivity index (χ1) is 7.30. The molecule has 1 unspecified atom stereocenters. The Morgan fingerprint density at radius 3 is 2.19 bits per heavy atom. The molecule has 5 nitrogen and oxygen atoms in total. The van der Waals surface area contributed by atoms with E-state index in [1.807, 2.05) is 0 Å². The number of nitrogens with one attached hydrogen (secondary N) is 1. The normalized spacial score (nSPS) is 14.8. The van der Waals surface area contributed by atoms with Crippen LogP contribution in [0, 0.1) is 0 Å². The van der Waals surface area contributed by atoms with Gasteiger partial charge in [-0.15, -0.1) is 0 Å². The lowest BCUT2D eigenvalue weighted by molar-refractivity contribution is 0.444. The molecule has 6 heteroatoms. The van der Waals surface area contributed by atoms with Gasteiger partial charge in [0.1, 0.15) is 6.33 Å². The Kier molecular flexibility index (Phi) is 3.64. The van der Waals surface area contributed by atoms with Gasteiger partial charge in [-0.3, -0.25) is 0 Å². The first-order valence-corrected chi connectivity index (χ1v) is 6.81. The second kappa shape index (κ2) is 4.47. The summed E-state index contributed by atoms with van der Waals surface area (Å²) in [5, 5.41) is 3.01. The highest BCUT2D eigenvalue weighted by Crippen LogP contribution is 2.30. The maximum absolute atomic E-state index is 11.7. The van der Waals surface area contributed by atoms with Crippen LogP contribution < -0.4 is 5.32 Å². The minimum atomic E-state index is -3.18. The fourth-order valence-electron chi connectivity index (χ4n) is 1.59. The zero-order valence-electron chi connectivity index (χ0n) is 9.93. The molecule has 1 rings (SSSR count). The molecule has 0 radical (unpaired) electrons. The molecule has 0 spiro atoms. The Bertz CT molecular complexity index is 442.